The van der Waals surface area contributed by atoms with E-state index in [-0.39, 0.29) is 17.0 Å². The Morgan fingerprint density at radius 3 is 2.68 bits per heavy atom. The SMILES string of the molecule is COc1ccc2nc(N3C(=O)C(=O)/C(=C(/O)c4nc5c(C)cccn5c4C)C3c3cccnc3)sc2c1. The van der Waals surface area contributed by atoms with Crippen LogP contribution in [0.3, 0.4) is 0 Å². The molecule has 4 aromatic heterocycles. The topological polar surface area (TPSA) is 110 Å². The highest BCUT2D eigenvalue weighted by Crippen LogP contribution is 2.44. The van der Waals surface area contributed by atoms with E-state index in [0.29, 0.717) is 33.3 Å². The first-order chi connectivity index (χ1) is 17.9. The lowest BCUT2D eigenvalue weighted by Crippen LogP contribution is -2.29. The van der Waals surface area contributed by atoms with Gasteiger partial charge in [-0.1, -0.05) is 23.5 Å². The lowest BCUT2D eigenvalue weighted by molar-refractivity contribution is -0.132. The molecule has 0 saturated carbocycles. The van der Waals surface area contributed by atoms with Crippen molar-refractivity contribution >= 4 is 49.8 Å². The van der Waals surface area contributed by atoms with Gasteiger partial charge in [-0.3, -0.25) is 19.5 Å². The summed E-state index contributed by atoms with van der Waals surface area (Å²) < 4.78 is 7.96. The minimum atomic E-state index is -0.929. The zero-order valence-corrected chi connectivity index (χ0v) is 21.0. The summed E-state index contributed by atoms with van der Waals surface area (Å²) in [5, 5.41) is 11.9. The molecular formula is C27H21N5O4S. The number of aryl methyl sites for hydroxylation is 2. The molecule has 9 nitrogen and oxygen atoms in total. The highest BCUT2D eigenvalue weighted by Gasteiger charge is 2.48. The monoisotopic (exact) mass is 511 g/mol. The number of benzene rings is 1. The number of aliphatic hydroxyl groups is 1. The summed E-state index contributed by atoms with van der Waals surface area (Å²) in [5.41, 5.74) is 3.65. The molecule has 0 spiro atoms. The second-order valence-corrected chi connectivity index (χ2v) is 9.73. The second kappa shape index (κ2) is 8.52. The summed E-state index contributed by atoms with van der Waals surface area (Å²) in [6, 6.07) is 11.8. The van der Waals surface area contributed by atoms with Gasteiger partial charge in [-0.2, -0.15) is 0 Å². The Hall–Kier alpha value is -4.57. The zero-order chi connectivity index (χ0) is 25.8. The molecule has 0 aliphatic carbocycles. The van der Waals surface area contributed by atoms with Crippen LogP contribution in [0.5, 0.6) is 5.75 Å². The van der Waals surface area contributed by atoms with Crippen molar-refractivity contribution < 1.29 is 19.4 Å². The van der Waals surface area contributed by atoms with Crippen molar-refractivity contribution in [3.05, 3.63) is 89.1 Å². The predicted octanol–water partition coefficient (Wildman–Crippen LogP) is 4.59. The molecule has 1 aliphatic rings. The molecule has 1 unspecified atom stereocenters. The van der Waals surface area contributed by atoms with Gasteiger partial charge < -0.3 is 14.2 Å². The third kappa shape index (κ3) is 3.48. The van der Waals surface area contributed by atoms with Gasteiger partial charge in [0.15, 0.2) is 10.9 Å². The van der Waals surface area contributed by atoms with E-state index in [4.69, 9.17) is 4.74 Å². The summed E-state index contributed by atoms with van der Waals surface area (Å²) in [6.07, 6.45) is 5.02. The number of thiazole rings is 1. The number of ketones is 1. The lowest BCUT2D eigenvalue weighted by atomic mass is 9.97. The molecule has 1 atom stereocenters. The van der Waals surface area contributed by atoms with Crippen molar-refractivity contribution in [2.24, 2.45) is 0 Å². The number of rotatable bonds is 4. The van der Waals surface area contributed by atoms with Crippen LogP contribution in [0.1, 0.15) is 28.6 Å². The van der Waals surface area contributed by atoms with E-state index in [1.807, 2.05) is 42.6 Å². The number of nitrogens with zero attached hydrogens (tertiary/aromatic N) is 5. The fraction of sp³-hybridized carbons (Fsp3) is 0.148. The number of hydrogen-bond donors (Lipinski definition) is 1. The highest BCUT2D eigenvalue weighted by atomic mass is 32.1. The van der Waals surface area contributed by atoms with Crippen molar-refractivity contribution in [3.63, 3.8) is 0 Å². The maximum atomic E-state index is 13.5. The Morgan fingerprint density at radius 2 is 1.95 bits per heavy atom. The van der Waals surface area contributed by atoms with Crippen molar-refractivity contribution in [2.75, 3.05) is 12.0 Å². The van der Waals surface area contributed by atoms with Gasteiger partial charge in [0.25, 0.3) is 5.78 Å². The van der Waals surface area contributed by atoms with Crippen LogP contribution in [0, 0.1) is 13.8 Å². The van der Waals surface area contributed by atoms with Gasteiger partial charge in [-0.25, -0.2) is 9.97 Å². The van der Waals surface area contributed by atoms with Crippen LogP contribution in [-0.4, -0.2) is 43.3 Å². The van der Waals surface area contributed by atoms with E-state index < -0.39 is 17.7 Å². The molecule has 1 aliphatic heterocycles. The number of carbonyl (C=O) groups is 2. The Bertz CT molecular complexity index is 1760. The minimum Gasteiger partial charge on any atom is -0.505 e. The number of ether oxygens (including phenoxy) is 1. The van der Waals surface area contributed by atoms with Crippen LogP contribution in [0.15, 0.2) is 66.6 Å². The lowest BCUT2D eigenvalue weighted by Gasteiger charge is -2.22. The Balaban J connectivity index is 1.58. The fourth-order valence-electron chi connectivity index (χ4n) is 4.68. The number of anilines is 1. The van der Waals surface area contributed by atoms with E-state index >= 15 is 0 Å². The van der Waals surface area contributed by atoms with E-state index in [1.165, 1.54) is 16.2 Å². The molecule has 1 saturated heterocycles. The van der Waals surface area contributed by atoms with E-state index in [2.05, 4.69) is 15.0 Å². The molecule has 37 heavy (non-hydrogen) atoms. The van der Waals surface area contributed by atoms with Gasteiger partial charge in [-0.15, -0.1) is 0 Å². The molecular weight excluding hydrogens is 490 g/mol. The highest BCUT2D eigenvalue weighted by molar-refractivity contribution is 7.22. The molecule has 5 heterocycles. The van der Waals surface area contributed by atoms with Crippen LogP contribution < -0.4 is 9.64 Å². The Kier molecular flexibility index (Phi) is 5.27. The summed E-state index contributed by atoms with van der Waals surface area (Å²) in [7, 11) is 1.58. The van der Waals surface area contributed by atoms with Gasteiger partial charge in [0.05, 0.1) is 34.6 Å². The number of hydrogen-bond acceptors (Lipinski definition) is 8. The second-order valence-electron chi connectivity index (χ2n) is 8.72. The molecule has 1 fully saturated rings. The first-order valence-corrected chi connectivity index (χ1v) is 12.3. The number of carbonyl (C=O) groups excluding carboxylic acids is 2. The van der Waals surface area contributed by atoms with Gasteiger partial charge in [-0.05, 0) is 55.3 Å². The quantitative estimate of drug-likeness (QED) is 0.213. The predicted molar refractivity (Wildman–Crippen MR) is 140 cm³/mol. The van der Waals surface area contributed by atoms with Crippen LogP contribution >= 0.6 is 11.3 Å². The molecule has 10 heteroatoms. The number of pyridine rings is 2. The largest absolute Gasteiger partial charge is 0.505 e. The number of imidazole rings is 1. The minimum absolute atomic E-state index is 0.0565. The fourth-order valence-corrected chi connectivity index (χ4v) is 5.70. The van der Waals surface area contributed by atoms with Gasteiger partial charge in [0.2, 0.25) is 0 Å². The van der Waals surface area contributed by atoms with Crippen molar-refractivity contribution in [3.8, 4) is 5.75 Å². The van der Waals surface area contributed by atoms with E-state index in [9.17, 15) is 14.7 Å². The Morgan fingerprint density at radius 1 is 1.11 bits per heavy atom. The summed E-state index contributed by atoms with van der Waals surface area (Å²) in [5.74, 6) is -1.26. The smallest absolute Gasteiger partial charge is 0.301 e. The number of Topliss-reactive ketones (excluding diaryl/α,β-unsaturated/α-hetero) is 1. The summed E-state index contributed by atoms with van der Waals surface area (Å²) >= 11 is 1.26. The van der Waals surface area contributed by atoms with Crippen LogP contribution in [0.2, 0.25) is 0 Å². The zero-order valence-electron chi connectivity index (χ0n) is 20.2. The number of aliphatic hydroxyl groups excluding tert-OH is 1. The molecule has 5 aromatic rings. The molecule has 6 rings (SSSR count). The average Bonchev–Trinajstić information content (AvgIpc) is 3.56. The van der Waals surface area contributed by atoms with Crippen molar-refractivity contribution in [2.45, 2.75) is 19.9 Å². The molecule has 0 radical (unpaired) electrons. The summed E-state index contributed by atoms with van der Waals surface area (Å²) in [6.45, 7) is 3.73. The van der Waals surface area contributed by atoms with Crippen molar-refractivity contribution in [1.82, 2.24) is 19.4 Å². The molecule has 1 amide bonds. The number of methoxy groups -OCH3 is 1. The van der Waals surface area contributed by atoms with Crippen LogP contribution in [0.25, 0.3) is 21.6 Å². The maximum absolute atomic E-state index is 13.5. The maximum Gasteiger partial charge on any atom is 0.301 e. The molecule has 0 bridgehead atoms. The van der Waals surface area contributed by atoms with Gasteiger partial charge in [0.1, 0.15) is 17.1 Å². The van der Waals surface area contributed by atoms with E-state index in [0.717, 1.165) is 10.3 Å². The number of aromatic nitrogens is 4. The Labute approximate surface area is 215 Å². The molecule has 1 aromatic carbocycles. The summed E-state index contributed by atoms with van der Waals surface area (Å²) in [4.78, 5) is 41.8. The molecule has 1 N–H and O–H groups in total. The van der Waals surface area contributed by atoms with Crippen molar-refractivity contribution in [1.29, 1.82) is 0 Å². The first kappa shape index (κ1) is 22.9. The van der Waals surface area contributed by atoms with Gasteiger partial charge >= 0.3 is 5.91 Å². The van der Waals surface area contributed by atoms with Crippen LogP contribution in [0.4, 0.5) is 5.13 Å². The number of amides is 1. The third-order valence-corrected chi connectivity index (χ3v) is 7.56. The van der Waals surface area contributed by atoms with Crippen LogP contribution in [-0.2, 0) is 9.59 Å². The van der Waals surface area contributed by atoms with Gasteiger partial charge in [0, 0.05) is 18.6 Å². The number of fused-ring (bicyclic) bond motifs is 2. The third-order valence-electron chi connectivity index (χ3n) is 6.54. The average molecular weight is 512 g/mol. The first-order valence-electron chi connectivity index (χ1n) is 11.5. The standard InChI is InChI=1S/C27H21N5O4S/c1-14-6-5-11-31-15(2)21(30-25(14)31)23(33)20-22(16-7-4-10-28-13-16)32(26(35)24(20)34)27-29-18-9-8-17(36-3)12-19(18)37-27/h4-13,22,33H,1-3H3/b23-20+. The molecule has 184 valence electrons. The normalized spacial score (nSPS) is 17.3. The van der Waals surface area contributed by atoms with E-state index in [1.54, 1.807) is 43.8 Å².